The molecule has 0 radical (unpaired) electrons. The number of ether oxygens (including phenoxy) is 3. The van der Waals surface area contributed by atoms with Gasteiger partial charge in [-0.05, 0) is 49.6 Å². The number of carbonyl (C=O) groups excluding carboxylic acids is 1. The van der Waals surface area contributed by atoms with Crippen LogP contribution in [0.1, 0.15) is 17.3 Å². The molecule has 0 aliphatic heterocycles. The van der Waals surface area contributed by atoms with Crippen LogP contribution < -0.4 is 19.0 Å². The predicted octanol–water partition coefficient (Wildman–Crippen LogP) is 4.22. The van der Waals surface area contributed by atoms with Crippen LogP contribution in [0.4, 0.5) is 0 Å². The number of thioether (sulfide) groups is 1. The lowest BCUT2D eigenvalue weighted by Crippen LogP contribution is -2.18. The van der Waals surface area contributed by atoms with Crippen molar-refractivity contribution in [2.45, 2.75) is 13.5 Å². The van der Waals surface area contributed by atoms with Crippen LogP contribution in [0, 0.1) is 0 Å². The van der Waals surface area contributed by atoms with Gasteiger partial charge in [0, 0.05) is 17.9 Å². The fourth-order valence-corrected chi connectivity index (χ4v) is 4.36. The number of aromatic nitrogens is 1. The highest BCUT2D eigenvalue weighted by molar-refractivity contribution is 7.98. The molecule has 0 fully saturated rings. The molecule has 1 aromatic heterocycles. The van der Waals surface area contributed by atoms with Crippen molar-refractivity contribution < 1.29 is 19.0 Å². The molecule has 0 atom stereocenters. The van der Waals surface area contributed by atoms with Crippen LogP contribution in [-0.2, 0) is 6.54 Å². The zero-order valence-corrected chi connectivity index (χ0v) is 18.6. The van der Waals surface area contributed by atoms with Gasteiger partial charge in [0.2, 0.25) is 0 Å². The van der Waals surface area contributed by atoms with Gasteiger partial charge in [0.1, 0.15) is 5.75 Å². The van der Waals surface area contributed by atoms with Crippen LogP contribution in [-0.4, -0.2) is 43.3 Å². The van der Waals surface area contributed by atoms with E-state index in [2.05, 4.69) is 15.8 Å². The van der Waals surface area contributed by atoms with Crippen LogP contribution in [0.15, 0.2) is 41.4 Å². The first-order chi connectivity index (χ1) is 14.1. The van der Waals surface area contributed by atoms with Gasteiger partial charge < -0.3 is 18.8 Å². The van der Waals surface area contributed by atoms with Gasteiger partial charge >= 0.3 is 0 Å². The average Bonchev–Trinajstić information content (AvgIpc) is 3.07. The van der Waals surface area contributed by atoms with Gasteiger partial charge in [-0.25, -0.2) is 0 Å². The first-order valence-electron chi connectivity index (χ1n) is 9.17. The number of aryl methyl sites for hydroxylation is 1. The van der Waals surface area contributed by atoms with Gasteiger partial charge in [-0.2, -0.15) is 16.8 Å². The predicted molar refractivity (Wildman–Crippen MR) is 119 cm³/mol. The standard InChI is InChI=1S/C21H24N2O4S2/c1-5-27-15-7-8-16-19(13-15)29-21(23(16)10-11-28-4)22-20(24)14-6-9-17(25-2)18(12-14)26-3/h6-9,12-13H,5,10-11H2,1-4H3. The summed E-state index contributed by atoms with van der Waals surface area (Å²) in [5, 5.41) is 0. The highest BCUT2D eigenvalue weighted by atomic mass is 32.2. The molecule has 0 N–H and O–H groups in total. The van der Waals surface area contributed by atoms with Crippen LogP contribution in [0.3, 0.4) is 0 Å². The van der Waals surface area contributed by atoms with E-state index in [0.29, 0.717) is 28.5 Å². The van der Waals surface area contributed by atoms with Crippen molar-refractivity contribution in [3.05, 3.63) is 46.8 Å². The summed E-state index contributed by atoms with van der Waals surface area (Å²) in [6.07, 6.45) is 2.06. The Kier molecular flexibility index (Phi) is 7.22. The van der Waals surface area contributed by atoms with Crippen LogP contribution in [0.25, 0.3) is 10.2 Å². The topological polar surface area (TPSA) is 62.1 Å². The van der Waals surface area contributed by atoms with Gasteiger partial charge in [0.05, 0.1) is 31.0 Å². The fourth-order valence-electron chi connectivity index (χ4n) is 2.91. The Balaban J connectivity index is 2.06. The summed E-state index contributed by atoms with van der Waals surface area (Å²) in [6, 6.07) is 11.0. The Labute approximate surface area is 178 Å². The Bertz CT molecular complexity index is 1070. The third-order valence-corrected chi connectivity index (χ3v) is 5.94. The second-order valence-corrected chi connectivity index (χ2v) is 8.07. The van der Waals surface area contributed by atoms with Crippen molar-refractivity contribution in [3.8, 4) is 17.2 Å². The number of rotatable bonds is 8. The molecule has 0 saturated heterocycles. The molecule has 29 heavy (non-hydrogen) atoms. The summed E-state index contributed by atoms with van der Waals surface area (Å²) < 4.78 is 19.3. The molecule has 8 heteroatoms. The van der Waals surface area contributed by atoms with E-state index < -0.39 is 0 Å². The quantitative estimate of drug-likeness (QED) is 0.533. The molecule has 0 saturated carbocycles. The maximum absolute atomic E-state index is 12.9. The highest BCUT2D eigenvalue weighted by Crippen LogP contribution is 2.28. The van der Waals surface area contributed by atoms with Gasteiger partial charge in [0.25, 0.3) is 5.91 Å². The van der Waals surface area contributed by atoms with Crippen molar-refractivity contribution in [1.82, 2.24) is 4.57 Å². The Morgan fingerprint density at radius 2 is 1.93 bits per heavy atom. The molecule has 0 bridgehead atoms. The molecular formula is C21H24N2O4S2. The Hall–Kier alpha value is -2.45. The van der Waals surface area contributed by atoms with E-state index in [0.717, 1.165) is 28.3 Å². The van der Waals surface area contributed by atoms with Crippen molar-refractivity contribution in [2.24, 2.45) is 4.99 Å². The zero-order chi connectivity index (χ0) is 20.8. The summed E-state index contributed by atoms with van der Waals surface area (Å²) >= 11 is 3.24. The van der Waals surface area contributed by atoms with Crippen molar-refractivity contribution in [3.63, 3.8) is 0 Å². The number of nitrogens with zero attached hydrogens (tertiary/aromatic N) is 2. The molecule has 0 spiro atoms. The van der Waals surface area contributed by atoms with Crippen LogP contribution in [0.5, 0.6) is 17.2 Å². The molecular weight excluding hydrogens is 408 g/mol. The third kappa shape index (κ3) is 4.76. The number of hydrogen-bond acceptors (Lipinski definition) is 6. The van der Waals surface area contributed by atoms with E-state index in [1.54, 1.807) is 44.2 Å². The average molecular weight is 433 g/mol. The number of thiazole rings is 1. The summed E-state index contributed by atoms with van der Waals surface area (Å²) in [5.74, 6) is 2.50. The van der Waals surface area contributed by atoms with Gasteiger partial charge in [-0.3, -0.25) is 4.79 Å². The number of amides is 1. The number of methoxy groups -OCH3 is 2. The SMILES string of the molecule is CCOc1ccc2c(c1)sc(=NC(=O)c1ccc(OC)c(OC)c1)n2CCSC. The summed E-state index contributed by atoms with van der Waals surface area (Å²) in [5.41, 5.74) is 1.50. The molecule has 1 amide bonds. The minimum Gasteiger partial charge on any atom is -0.494 e. The van der Waals surface area contributed by atoms with Gasteiger partial charge in [0.15, 0.2) is 16.3 Å². The lowest BCUT2D eigenvalue weighted by molar-refractivity contribution is 0.0997. The van der Waals surface area contributed by atoms with Crippen molar-refractivity contribution in [2.75, 3.05) is 32.8 Å². The van der Waals surface area contributed by atoms with Crippen LogP contribution >= 0.6 is 23.1 Å². The van der Waals surface area contributed by atoms with E-state index in [1.807, 2.05) is 25.1 Å². The monoisotopic (exact) mass is 432 g/mol. The van der Waals surface area contributed by atoms with E-state index in [-0.39, 0.29) is 5.91 Å². The van der Waals surface area contributed by atoms with Crippen molar-refractivity contribution in [1.29, 1.82) is 0 Å². The lowest BCUT2D eigenvalue weighted by atomic mass is 10.2. The molecule has 6 nitrogen and oxygen atoms in total. The van der Waals surface area contributed by atoms with Gasteiger partial charge in [-0.15, -0.1) is 0 Å². The highest BCUT2D eigenvalue weighted by Gasteiger charge is 2.13. The zero-order valence-electron chi connectivity index (χ0n) is 16.9. The third-order valence-electron chi connectivity index (χ3n) is 4.31. The summed E-state index contributed by atoms with van der Waals surface area (Å²) in [4.78, 5) is 17.9. The Morgan fingerprint density at radius 1 is 1.14 bits per heavy atom. The number of carbonyl (C=O) groups is 1. The second-order valence-electron chi connectivity index (χ2n) is 6.08. The number of fused-ring (bicyclic) bond motifs is 1. The molecule has 0 unspecified atom stereocenters. The second kappa shape index (κ2) is 9.84. The molecule has 1 heterocycles. The minimum atomic E-state index is -0.319. The normalized spacial score (nSPS) is 11.7. The molecule has 0 aliphatic rings. The molecule has 0 aliphatic carbocycles. The van der Waals surface area contributed by atoms with Crippen molar-refractivity contribution >= 4 is 39.2 Å². The first-order valence-corrected chi connectivity index (χ1v) is 11.4. The molecule has 3 rings (SSSR count). The van der Waals surface area contributed by atoms with E-state index in [4.69, 9.17) is 14.2 Å². The molecule has 2 aromatic carbocycles. The first kappa shape index (κ1) is 21.3. The van der Waals surface area contributed by atoms with E-state index >= 15 is 0 Å². The minimum absolute atomic E-state index is 0.319. The fraction of sp³-hybridized carbons (Fsp3) is 0.333. The van der Waals surface area contributed by atoms with E-state index in [1.165, 1.54) is 11.3 Å². The summed E-state index contributed by atoms with van der Waals surface area (Å²) in [6.45, 7) is 3.34. The van der Waals surface area contributed by atoms with E-state index in [9.17, 15) is 4.79 Å². The largest absolute Gasteiger partial charge is 0.494 e. The summed E-state index contributed by atoms with van der Waals surface area (Å²) in [7, 11) is 3.10. The maximum Gasteiger partial charge on any atom is 0.279 e. The molecule has 3 aromatic rings. The van der Waals surface area contributed by atoms with Gasteiger partial charge in [-0.1, -0.05) is 11.3 Å². The number of hydrogen-bond donors (Lipinski definition) is 0. The smallest absolute Gasteiger partial charge is 0.279 e. The maximum atomic E-state index is 12.9. The Morgan fingerprint density at radius 3 is 2.62 bits per heavy atom. The molecule has 154 valence electrons. The number of benzene rings is 2. The van der Waals surface area contributed by atoms with Crippen LogP contribution in [0.2, 0.25) is 0 Å². The lowest BCUT2D eigenvalue weighted by Gasteiger charge is -2.08.